The SMILES string of the molecule is CCC1CCN(Cc2ccc[nH]2)CC1. The van der Waals surface area contributed by atoms with Gasteiger partial charge in [-0.3, -0.25) is 4.90 Å². The third-order valence-corrected chi connectivity index (χ3v) is 3.34. The molecule has 2 rings (SSSR count). The van der Waals surface area contributed by atoms with Crippen molar-refractivity contribution in [1.29, 1.82) is 0 Å². The lowest BCUT2D eigenvalue weighted by molar-refractivity contribution is 0.173. The highest BCUT2D eigenvalue weighted by atomic mass is 15.1. The average Bonchev–Trinajstić information content (AvgIpc) is 2.72. The summed E-state index contributed by atoms with van der Waals surface area (Å²) < 4.78 is 0. The second-order valence-electron chi connectivity index (χ2n) is 4.32. The maximum absolute atomic E-state index is 3.27. The number of aromatic nitrogens is 1. The van der Waals surface area contributed by atoms with Crippen LogP contribution in [0.25, 0.3) is 0 Å². The number of hydrogen-bond acceptors (Lipinski definition) is 1. The van der Waals surface area contributed by atoms with Crippen LogP contribution in [0.15, 0.2) is 18.3 Å². The van der Waals surface area contributed by atoms with Crippen molar-refractivity contribution in [3.63, 3.8) is 0 Å². The third-order valence-electron chi connectivity index (χ3n) is 3.34. The fourth-order valence-electron chi connectivity index (χ4n) is 2.26. The Bertz CT molecular complexity index is 245. The normalized spacial score (nSPS) is 20.1. The molecular weight excluding hydrogens is 172 g/mol. The molecule has 2 heterocycles. The minimum atomic E-state index is 0.981. The molecular formula is C12H20N2. The molecule has 78 valence electrons. The van der Waals surface area contributed by atoms with Crippen molar-refractivity contribution in [3.05, 3.63) is 24.0 Å². The molecule has 1 N–H and O–H groups in total. The van der Waals surface area contributed by atoms with Crippen molar-refractivity contribution < 1.29 is 0 Å². The molecule has 0 unspecified atom stereocenters. The first-order chi connectivity index (χ1) is 6.88. The lowest BCUT2D eigenvalue weighted by Crippen LogP contribution is -2.33. The molecule has 1 aliphatic heterocycles. The Labute approximate surface area is 86.3 Å². The molecule has 0 saturated carbocycles. The third kappa shape index (κ3) is 2.38. The second kappa shape index (κ2) is 4.65. The predicted octanol–water partition coefficient (Wildman–Crippen LogP) is 2.64. The summed E-state index contributed by atoms with van der Waals surface area (Å²) in [6.45, 7) is 5.96. The molecule has 1 saturated heterocycles. The van der Waals surface area contributed by atoms with E-state index in [1.54, 1.807) is 0 Å². The van der Waals surface area contributed by atoms with Gasteiger partial charge >= 0.3 is 0 Å². The van der Waals surface area contributed by atoms with E-state index in [1.165, 1.54) is 38.0 Å². The molecule has 0 bridgehead atoms. The van der Waals surface area contributed by atoms with Crippen LogP contribution in [0.4, 0.5) is 0 Å². The molecule has 0 radical (unpaired) electrons. The van der Waals surface area contributed by atoms with E-state index < -0.39 is 0 Å². The molecule has 0 spiro atoms. The number of nitrogens with zero attached hydrogens (tertiary/aromatic N) is 1. The minimum Gasteiger partial charge on any atom is -0.364 e. The Hall–Kier alpha value is -0.760. The standard InChI is InChI=1S/C12H20N2/c1-2-11-5-8-14(9-6-11)10-12-4-3-7-13-12/h3-4,7,11,13H,2,5-6,8-10H2,1H3. The molecule has 0 aliphatic carbocycles. The van der Waals surface area contributed by atoms with Crippen LogP contribution in [-0.2, 0) is 6.54 Å². The van der Waals surface area contributed by atoms with E-state index in [0.29, 0.717) is 0 Å². The van der Waals surface area contributed by atoms with Crippen LogP contribution in [0.3, 0.4) is 0 Å². The van der Waals surface area contributed by atoms with Gasteiger partial charge in [0.15, 0.2) is 0 Å². The van der Waals surface area contributed by atoms with Gasteiger partial charge in [0.1, 0.15) is 0 Å². The van der Waals surface area contributed by atoms with Gasteiger partial charge in [-0.2, -0.15) is 0 Å². The van der Waals surface area contributed by atoms with Crippen molar-refractivity contribution in [3.8, 4) is 0 Å². The number of H-pyrrole nitrogens is 1. The van der Waals surface area contributed by atoms with Crippen molar-refractivity contribution in [2.24, 2.45) is 5.92 Å². The van der Waals surface area contributed by atoms with Crippen LogP contribution >= 0.6 is 0 Å². The van der Waals surface area contributed by atoms with Crippen LogP contribution in [0.1, 0.15) is 31.9 Å². The molecule has 0 aromatic carbocycles. The fourth-order valence-corrected chi connectivity index (χ4v) is 2.26. The summed E-state index contributed by atoms with van der Waals surface area (Å²) in [5, 5.41) is 0. The molecule has 0 atom stereocenters. The van der Waals surface area contributed by atoms with Crippen LogP contribution in [-0.4, -0.2) is 23.0 Å². The summed E-state index contributed by atoms with van der Waals surface area (Å²) in [5.74, 6) is 0.981. The molecule has 2 heteroatoms. The summed E-state index contributed by atoms with van der Waals surface area (Å²) in [5.41, 5.74) is 1.35. The highest BCUT2D eigenvalue weighted by Gasteiger charge is 2.17. The zero-order chi connectivity index (χ0) is 9.80. The van der Waals surface area contributed by atoms with Gasteiger partial charge in [0.2, 0.25) is 0 Å². The van der Waals surface area contributed by atoms with E-state index in [0.717, 1.165) is 12.5 Å². The first-order valence-electron chi connectivity index (χ1n) is 5.73. The van der Waals surface area contributed by atoms with Gasteiger partial charge in [0.25, 0.3) is 0 Å². The highest BCUT2D eigenvalue weighted by Crippen LogP contribution is 2.20. The van der Waals surface area contributed by atoms with E-state index in [-0.39, 0.29) is 0 Å². The molecule has 2 nitrogen and oxygen atoms in total. The van der Waals surface area contributed by atoms with E-state index >= 15 is 0 Å². The average molecular weight is 192 g/mol. The van der Waals surface area contributed by atoms with Gasteiger partial charge in [-0.05, 0) is 44.0 Å². The number of nitrogens with one attached hydrogen (secondary N) is 1. The van der Waals surface area contributed by atoms with Crippen LogP contribution < -0.4 is 0 Å². The summed E-state index contributed by atoms with van der Waals surface area (Å²) in [7, 11) is 0. The number of piperidine rings is 1. The first kappa shape index (κ1) is 9.78. The largest absolute Gasteiger partial charge is 0.364 e. The molecule has 1 aliphatic rings. The van der Waals surface area contributed by atoms with Gasteiger partial charge in [-0.25, -0.2) is 0 Å². The first-order valence-corrected chi connectivity index (χ1v) is 5.73. The number of likely N-dealkylation sites (tertiary alicyclic amines) is 1. The van der Waals surface area contributed by atoms with Crippen molar-refractivity contribution >= 4 is 0 Å². The van der Waals surface area contributed by atoms with Crippen molar-refractivity contribution in [2.75, 3.05) is 13.1 Å². The van der Waals surface area contributed by atoms with Crippen LogP contribution in [0.2, 0.25) is 0 Å². The van der Waals surface area contributed by atoms with Crippen molar-refractivity contribution in [1.82, 2.24) is 9.88 Å². The summed E-state index contributed by atoms with van der Waals surface area (Å²) >= 11 is 0. The monoisotopic (exact) mass is 192 g/mol. The zero-order valence-corrected chi connectivity index (χ0v) is 9.00. The zero-order valence-electron chi connectivity index (χ0n) is 9.00. The second-order valence-corrected chi connectivity index (χ2v) is 4.32. The summed E-state index contributed by atoms with van der Waals surface area (Å²) in [6, 6.07) is 4.25. The highest BCUT2D eigenvalue weighted by molar-refractivity contribution is 5.03. The van der Waals surface area contributed by atoms with Gasteiger partial charge in [-0.1, -0.05) is 13.3 Å². The molecule has 14 heavy (non-hydrogen) atoms. The molecule has 1 aromatic rings. The van der Waals surface area contributed by atoms with Gasteiger partial charge < -0.3 is 4.98 Å². The van der Waals surface area contributed by atoms with Crippen LogP contribution in [0.5, 0.6) is 0 Å². The number of rotatable bonds is 3. The van der Waals surface area contributed by atoms with E-state index in [4.69, 9.17) is 0 Å². The molecule has 1 fully saturated rings. The lowest BCUT2D eigenvalue weighted by Gasteiger charge is -2.31. The quantitative estimate of drug-likeness (QED) is 0.780. The van der Waals surface area contributed by atoms with E-state index in [1.807, 2.05) is 6.20 Å². The Morgan fingerprint density at radius 1 is 1.43 bits per heavy atom. The summed E-state index contributed by atoms with van der Waals surface area (Å²) in [4.78, 5) is 5.82. The lowest BCUT2D eigenvalue weighted by atomic mass is 9.94. The maximum atomic E-state index is 3.27. The van der Waals surface area contributed by atoms with Gasteiger partial charge in [-0.15, -0.1) is 0 Å². The predicted molar refractivity (Wildman–Crippen MR) is 59.1 cm³/mol. The number of hydrogen-bond donors (Lipinski definition) is 1. The number of aromatic amines is 1. The summed E-state index contributed by atoms with van der Waals surface area (Å²) in [6.07, 6.45) is 6.14. The smallest absolute Gasteiger partial charge is 0.0385 e. The topological polar surface area (TPSA) is 19.0 Å². The Morgan fingerprint density at radius 3 is 2.79 bits per heavy atom. The Kier molecular flexibility index (Phi) is 3.25. The minimum absolute atomic E-state index is 0.981. The fraction of sp³-hybridized carbons (Fsp3) is 0.667. The van der Waals surface area contributed by atoms with Gasteiger partial charge in [0.05, 0.1) is 0 Å². The van der Waals surface area contributed by atoms with Gasteiger partial charge in [0, 0.05) is 18.4 Å². The van der Waals surface area contributed by atoms with Crippen molar-refractivity contribution in [2.45, 2.75) is 32.7 Å². The maximum Gasteiger partial charge on any atom is 0.0385 e. The van der Waals surface area contributed by atoms with E-state index in [2.05, 4.69) is 28.9 Å². The van der Waals surface area contributed by atoms with E-state index in [9.17, 15) is 0 Å². The van der Waals surface area contributed by atoms with Crippen LogP contribution in [0, 0.1) is 5.92 Å². The molecule has 1 aromatic heterocycles. The Morgan fingerprint density at radius 2 is 2.21 bits per heavy atom. The Balaban J connectivity index is 1.79. The molecule has 0 amide bonds.